The maximum Gasteiger partial charge on any atom is 0.130 e. The standard InChI is InChI=1S/C13H10O.C12H8/c1-3-7-12-10(5-1)9-11-6-2-4-8-13(11)14-12;1-2-6-10-9(5-1)11-7-3-4-8-12(10)11/h1-8H,9H2;1-8H. The summed E-state index contributed by atoms with van der Waals surface area (Å²) < 4.78 is 5.78. The van der Waals surface area contributed by atoms with E-state index in [1.807, 2.05) is 24.3 Å². The van der Waals surface area contributed by atoms with E-state index in [1.54, 1.807) is 0 Å². The third kappa shape index (κ3) is 2.49. The molecule has 2 aliphatic rings. The minimum Gasteiger partial charge on any atom is -0.457 e. The van der Waals surface area contributed by atoms with Gasteiger partial charge >= 0.3 is 0 Å². The predicted molar refractivity (Wildman–Crippen MR) is 107 cm³/mol. The fraction of sp³-hybridized carbons (Fsp3) is 0.0400. The molecule has 4 aromatic carbocycles. The Labute approximate surface area is 153 Å². The molecule has 0 radical (unpaired) electrons. The Hall–Kier alpha value is -3.32. The van der Waals surface area contributed by atoms with Gasteiger partial charge in [-0.15, -0.1) is 0 Å². The molecule has 1 heteroatoms. The van der Waals surface area contributed by atoms with Crippen LogP contribution >= 0.6 is 0 Å². The SMILES string of the molecule is c1ccc2c(c1)-c1ccccc1-2.c1ccc2c(c1)Cc1ccccc1O2. The molecule has 0 amide bonds. The van der Waals surface area contributed by atoms with E-state index in [4.69, 9.17) is 4.74 Å². The van der Waals surface area contributed by atoms with Crippen LogP contribution in [-0.4, -0.2) is 0 Å². The van der Waals surface area contributed by atoms with Crippen molar-refractivity contribution in [3.05, 3.63) is 108 Å². The second kappa shape index (κ2) is 6.20. The zero-order chi connectivity index (χ0) is 17.3. The molecule has 0 saturated heterocycles. The molecule has 1 heterocycles. The summed E-state index contributed by atoms with van der Waals surface area (Å²) in [6, 6.07) is 33.5. The van der Waals surface area contributed by atoms with Gasteiger partial charge in [-0.3, -0.25) is 0 Å². The molecule has 0 bridgehead atoms. The van der Waals surface area contributed by atoms with Gasteiger partial charge in [-0.2, -0.15) is 0 Å². The first kappa shape index (κ1) is 15.0. The lowest BCUT2D eigenvalue weighted by Crippen LogP contribution is -2.01. The highest BCUT2D eigenvalue weighted by Crippen LogP contribution is 2.46. The molecule has 0 aromatic heterocycles. The van der Waals surface area contributed by atoms with Crippen molar-refractivity contribution in [3.63, 3.8) is 0 Å². The van der Waals surface area contributed by atoms with E-state index < -0.39 is 0 Å². The summed E-state index contributed by atoms with van der Waals surface area (Å²) in [7, 11) is 0. The maximum absolute atomic E-state index is 5.78. The van der Waals surface area contributed by atoms with Crippen LogP contribution in [0.15, 0.2) is 97.1 Å². The van der Waals surface area contributed by atoms with Crippen molar-refractivity contribution in [2.75, 3.05) is 0 Å². The summed E-state index contributed by atoms with van der Waals surface area (Å²) in [4.78, 5) is 0. The van der Waals surface area contributed by atoms with Crippen LogP contribution in [0.1, 0.15) is 11.1 Å². The van der Waals surface area contributed by atoms with Crippen LogP contribution in [0.25, 0.3) is 22.3 Å². The number of hydrogen-bond acceptors (Lipinski definition) is 1. The van der Waals surface area contributed by atoms with Crippen LogP contribution in [0, 0.1) is 0 Å². The summed E-state index contributed by atoms with van der Waals surface area (Å²) in [5.74, 6) is 1.98. The minimum absolute atomic E-state index is 0.979. The Bertz CT molecular complexity index is 907. The van der Waals surface area contributed by atoms with Gasteiger partial charge in [-0.1, -0.05) is 84.9 Å². The van der Waals surface area contributed by atoms with E-state index in [0.29, 0.717) is 0 Å². The largest absolute Gasteiger partial charge is 0.457 e. The fourth-order valence-corrected chi connectivity index (χ4v) is 3.67. The van der Waals surface area contributed by atoms with Crippen LogP contribution in [0.5, 0.6) is 11.5 Å². The summed E-state index contributed by atoms with van der Waals surface area (Å²) >= 11 is 0. The van der Waals surface area contributed by atoms with Crippen molar-refractivity contribution in [1.29, 1.82) is 0 Å². The van der Waals surface area contributed by atoms with Crippen molar-refractivity contribution in [2.24, 2.45) is 0 Å². The normalized spacial score (nSPS) is 12.0. The number of para-hydroxylation sites is 2. The summed E-state index contributed by atoms with van der Waals surface area (Å²) in [6.45, 7) is 0. The zero-order valence-corrected chi connectivity index (χ0v) is 14.4. The number of rotatable bonds is 0. The number of fused-ring (bicyclic) bond motifs is 6. The second-order valence-corrected chi connectivity index (χ2v) is 6.59. The van der Waals surface area contributed by atoms with Gasteiger partial charge in [-0.25, -0.2) is 0 Å². The minimum atomic E-state index is 0.979. The van der Waals surface area contributed by atoms with E-state index in [-0.39, 0.29) is 0 Å². The Kier molecular flexibility index (Phi) is 3.57. The first-order chi connectivity index (χ1) is 12.9. The molecule has 6 rings (SSSR count). The summed E-state index contributed by atoms with van der Waals surface area (Å²) in [5, 5.41) is 0. The molecule has 26 heavy (non-hydrogen) atoms. The number of ether oxygens (including phenoxy) is 1. The third-order valence-corrected chi connectivity index (χ3v) is 4.98. The van der Waals surface area contributed by atoms with Crippen molar-refractivity contribution in [1.82, 2.24) is 0 Å². The van der Waals surface area contributed by atoms with Crippen LogP contribution in [0.4, 0.5) is 0 Å². The lowest BCUT2D eigenvalue weighted by molar-refractivity contribution is 0.460. The topological polar surface area (TPSA) is 9.23 Å². The maximum atomic E-state index is 5.78. The molecule has 0 unspecified atom stereocenters. The fourth-order valence-electron chi connectivity index (χ4n) is 3.67. The van der Waals surface area contributed by atoms with E-state index >= 15 is 0 Å². The number of hydrogen-bond donors (Lipinski definition) is 0. The van der Waals surface area contributed by atoms with Crippen LogP contribution in [0.3, 0.4) is 0 Å². The smallest absolute Gasteiger partial charge is 0.130 e. The van der Waals surface area contributed by atoms with Crippen LogP contribution in [-0.2, 0) is 6.42 Å². The average Bonchev–Trinajstić information content (AvgIpc) is 2.71. The summed E-state index contributed by atoms with van der Waals surface area (Å²) in [6.07, 6.45) is 0.979. The Balaban J connectivity index is 0.000000117. The molecule has 1 aliphatic carbocycles. The van der Waals surface area contributed by atoms with Gasteiger partial charge in [0, 0.05) is 6.42 Å². The molecule has 0 atom stereocenters. The molecule has 0 saturated carbocycles. The van der Waals surface area contributed by atoms with Crippen LogP contribution < -0.4 is 4.74 Å². The lowest BCUT2D eigenvalue weighted by Gasteiger charge is -2.22. The third-order valence-electron chi connectivity index (χ3n) is 4.98. The van der Waals surface area contributed by atoms with Crippen molar-refractivity contribution in [3.8, 4) is 33.8 Å². The highest BCUT2D eigenvalue weighted by molar-refractivity contribution is 6.02. The molecule has 1 nitrogen and oxygen atoms in total. The Morgan fingerprint density at radius 3 is 1.19 bits per heavy atom. The van der Waals surface area contributed by atoms with Gasteiger partial charge in [0.1, 0.15) is 11.5 Å². The molecule has 0 N–H and O–H groups in total. The molecule has 1 aliphatic heterocycles. The molecule has 4 aromatic rings. The first-order valence-corrected chi connectivity index (χ1v) is 8.92. The lowest BCUT2D eigenvalue weighted by atomic mass is 9.81. The van der Waals surface area contributed by atoms with E-state index in [0.717, 1.165) is 17.9 Å². The molecule has 0 fully saturated rings. The van der Waals surface area contributed by atoms with Gasteiger partial charge in [0.15, 0.2) is 0 Å². The zero-order valence-electron chi connectivity index (χ0n) is 14.4. The predicted octanol–water partition coefficient (Wildman–Crippen LogP) is 6.72. The highest BCUT2D eigenvalue weighted by Gasteiger charge is 2.19. The quantitative estimate of drug-likeness (QED) is 0.300. The van der Waals surface area contributed by atoms with Gasteiger partial charge < -0.3 is 4.74 Å². The summed E-state index contributed by atoms with van der Waals surface area (Å²) in [5.41, 5.74) is 8.12. The van der Waals surface area contributed by atoms with Crippen molar-refractivity contribution in [2.45, 2.75) is 6.42 Å². The molecule has 124 valence electrons. The first-order valence-electron chi connectivity index (χ1n) is 8.92. The van der Waals surface area contributed by atoms with Crippen molar-refractivity contribution >= 4 is 0 Å². The molecular weight excluding hydrogens is 316 g/mol. The van der Waals surface area contributed by atoms with Gasteiger partial charge in [0.05, 0.1) is 0 Å². The van der Waals surface area contributed by atoms with E-state index in [1.165, 1.54) is 33.4 Å². The average molecular weight is 334 g/mol. The van der Waals surface area contributed by atoms with E-state index in [2.05, 4.69) is 72.8 Å². The van der Waals surface area contributed by atoms with Gasteiger partial charge in [-0.05, 0) is 45.5 Å². The van der Waals surface area contributed by atoms with Crippen molar-refractivity contribution < 1.29 is 4.74 Å². The van der Waals surface area contributed by atoms with Gasteiger partial charge in [0.25, 0.3) is 0 Å². The number of benzene rings is 4. The monoisotopic (exact) mass is 334 g/mol. The Morgan fingerprint density at radius 2 is 0.769 bits per heavy atom. The van der Waals surface area contributed by atoms with Crippen LogP contribution in [0.2, 0.25) is 0 Å². The molecule has 0 spiro atoms. The highest BCUT2D eigenvalue weighted by atomic mass is 16.5. The second-order valence-electron chi connectivity index (χ2n) is 6.59. The molecular formula is C25H18O. The van der Waals surface area contributed by atoms with Gasteiger partial charge in [0.2, 0.25) is 0 Å². The van der Waals surface area contributed by atoms with E-state index in [9.17, 15) is 0 Å². The Morgan fingerprint density at radius 1 is 0.423 bits per heavy atom.